The molecule has 3 N–H and O–H groups in total. The number of hydrogen-bond acceptors (Lipinski definition) is 6. The summed E-state index contributed by atoms with van der Waals surface area (Å²) in [7, 11) is 1.78. The zero-order valence-electron chi connectivity index (χ0n) is 21.5. The van der Waals surface area contributed by atoms with Crippen LogP contribution in [0, 0.1) is 12.8 Å². The molecular weight excluding hydrogens is 450 g/mol. The van der Waals surface area contributed by atoms with Crippen molar-refractivity contribution >= 4 is 28.2 Å². The number of aryl methyl sites for hydroxylation is 1. The molecule has 1 saturated carbocycles. The molecule has 0 radical (unpaired) electrons. The number of nitrogens with one attached hydrogen (secondary N) is 1. The maximum atomic E-state index is 13.5. The summed E-state index contributed by atoms with van der Waals surface area (Å²) in [6.07, 6.45) is 10.9. The number of aromatic nitrogens is 2. The number of nitrogens with two attached hydrogens (primary N) is 1. The third kappa shape index (κ3) is 5.08. The van der Waals surface area contributed by atoms with Crippen LogP contribution in [0.15, 0.2) is 42.9 Å². The number of fused-ring (bicyclic) bond motifs is 1. The van der Waals surface area contributed by atoms with Gasteiger partial charge in [-0.15, -0.1) is 0 Å². The lowest BCUT2D eigenvalue weighted by molar-refractivity contribution is 0.0893. The molecule has 7 nitrogen and oxygen atoms in total. The highest BCUT2D eigenvalue weighted by Crippen LogP contribution is 2.38. The molecule has 3 aromatic rings. The Balaban J connectivity index is 1.42. The van der Waals surface area contributed by atoms with Crippen molar-refractivity contribution in [2.45, 2.75) is 64.0 Å². The van der Waals surface area contributed by atoms with Crippen LogP contribution in [0.5, 0.6) is 0 Å². The van der Waals surface area contributed by atoms with E-state index in [-0.39, 0.29) is 18.1 Å². The molecular formula is C29H37N5O2. The van der Waals surface area contributed by atoms with Gasteiger partial charge in [-0.05, 0) is 80.2 Å². The Kier molecular flexibility index (Phi) is 7.21. The minimum Gasteiger partial charge on any atom is -0.380 e. The first kappa shape index (κ1) is 24.7. The van der Waals surface area contributed by atoms with E-state index in [9.17, 15) is 4.79 Å². The van der Waals surface area contributed by atoms with Crippen LogP contribution in [-0.2, 0) is 4.74 Å². The highest BCUT2D eigenvalue weighted by atomic mass is 16.5. The van der Waals surface area contributed by atoms with Gasteiger partial charge < -0.3 is 20.7 Å². The molecule has 3 heterocycles. The molecule has 4 atom stereocenters. The van der Waals surface area contributed by atoms with E-state index in [1.807, 2.05) is 24.4 Å². The number of methoxy groups -OCH3 is 1. The highest BCUT2D eigenvalue weighted by Gasteiger charge is 2.28. The van der Waals surface area contributed by atoms with Crippen LogP contribution in [0.1, 0.15) is 66.4 Å². The van der Waals surface area contributed by atoms with E-state index in [4.69, 9.17) is 15.5 Å². The predicted octanol–water partition coefficient (Wildman–Crippen LogP) is 5.04. The monoisotopic (exact) mass is 487 g/mol. The van der Waals surface area contributed by atoms with Crippen LogP contribution in [-0.4, -0.2) is 48.2 Å². The SMILES string of the molecule is CO[C@@H]1CCCN(c2cnc3c(C(=O)Nc4cnccc4C4CC(C)CC(N)C4)ccc(C)c3c2)C1. The lowest BCUT2D eigenvalue weighted by atomic mass is 9.76. The van der Waals surface area contributed by atoms with Gasteiger partial charge in [-0.2, -0.15) is 0 Å². The molecule has 3 unspecified atom stereocenters. The number of benzene rings is 1. The fraction of sp³-hybridized carbons (Fsp3) is 0.483. The molecule has 7 heteroatoms. The quantitative estimate of drug-likeness (QED) is 0.524. The maximum absolute atomic E-state index is 13.5. The standard InChI is InChI=1S/C29H37N5O2/c1-18-11-20(13-21(30)12-18)24-8-9-31-16-27(24)33-29(35)25-7-6-19(2)26-14-22(15-32-28(25)26)34-10-4-5-23(17-34)36-3/h6-9,14-16,18,20-21,23H,4-5,10-13,17,30H2,1-3H3,(H,33,35)/t18?,20?,21?,23-/m1/s1. The molecule has 36 heavy (non-hydrogen) atoms. The Bertz CT molecular complexity index is 1240. The molecule has 2 fully saturated rings. The summed E-state index contributed by atoms with van der Waals surface area (Å²) < 4.78 is 5.60. The average molecular weight is 488 g/mol. The van der Waals surface area contributed by atoms with E-state index in [0.29, 0.717) is 17.4 Å². The van der Waals surface area contributed by atoms with Crippen molar-refractivity contribution in [1.82, 2.24) is 9.97 Å². The summed E-state index contributed by atoms with van der Waals surface area (Å²) in [4.78, 5) is 25.0. The van der Waals surface area contributed by atoms with Crippen molar-refractivity contribution in [2.24, 2.45) is 11.7 Å². The van der Waals surface area contributed by atoms with Crippen LogP contribution >= 0.6 is 0 Å². The van der Waals surface area contributed by atoms with Gasteiger partial charge in [-0.1, -0.05) is 13.0 Å². The van der Waals surface area contributed by atoms with E-state index in [1.54, 1.807) is 19.5 Å². The van der Waals surface area contributed by atoms with Crippen LogP contribution in [0.25, 0.3) is 10.9 Å². The van der Waals surface area contributed by atoms with E-state index < -0.39 is 0 Å². The number of anilines is 2. The second-order valence-electron chi connectivity index (χ2n) is 10.7. The number of ether oxygens (including phenoxy) is 1. The van der Waals surface area contributed by atoms with Gasteiger partial charge in [0.2, 0.25) is 0 Å². The zero-order chi connectivity index (χ0) is 25.2. The van der Waals surface area contributed by atoms with Gasteiger partial charge in [0, 0.05) is 37.8 Å². The molecule has 0 spiro atoms. The lowest BCUT2D eigenvalue weighted by Gasteiger charge is -2.33. The van der Waals surface area contributed by atoms with Gasteiger partial charge in [0.1, 0.15) is 0 Å². The number of carbonyl (C=O) groups excluding carboxylic acids is 1. The normalized spacial score (nSPS) is 24.6. The second-order valence-corrected chi connectivity index (χ2v) is 10.7. The third-order valence-corrected chi connectivity index (χ3v) is 7.90. The number of rotatable bonds is 5. The average Bonchev–Trinajstić information content (AvgIpc) is 2.88. The second kappa shape index (κ2) is 10.5. The van der Waals surface area contributed by atoms with Gasteiger partial charge in [-0.3, -0.25) is 14.8 Å². The number of piperidine rings is 1. The van der Waals surface area contributed by atoms with Crippen LogP contribution in [0.4, 0.5) is 11.4 Å². The number of nitrogens with zero attached hydrogens (tertiary/aromatic N) is 3. The van der Waals surface area contributed by atoms with Crippen molar-refractivity contribution < 1.29 is 9.53 Å². The lowest BCUT2D eigenvalue weighted by Crippen LogP contribution is -2.39. The number of pyridine rings is 2. The Morgan fingerprint density at radius 2 is 2.06 bits per heavy atom. The minimum atomic E-state index is -0.167. The molecule has 5 rings (SSSR count). The third-order valence-electron chi connectivity index (χ3n) is 7.90. The zero-order valence-corrected chi connectivity index (χ0v) is 21.5. The molecule has 1 aliphatic carbocycles. The topological polar surface area (TPSA) is 93.4 Å². The smallest absolute Gasteiger partial charge is 0.257 e. The molecule has 0 bridgehead atoms. The summed E-state index contributed by atoms with van der Waals surface area (Å²) in [6, 6.07) is 8.24. The highest BCUT2D eigenvalue weighted by molar-refractivity contribution is 6.12. The van der Waals surface area contributed by atoms with Crippen LogP contribution in [0.3, 0.4) is 0 Å². The largest absolute Gasteiger partial charge is 0.380 e. The Morgan fingerprint density at radius 1 is 1.19 bits per heavy atom. The van der Waals surface area contributed by atoms with Gasteiger partial charge in [-0.25, -0.2) is 0 Å². The van der Waals surface area contributed by atoms with Crippen molar-refractivity contribution in [3.05, 3.63) is 59.5 Å². The number of carbonyl (C=O) groups is 1. The Morgan fingerprint density at radius 3 is 2.86 bits per heavy atom. The summed E-state index contributed by atoms with van der Waals surface area (Å²) in [6.45, 7) is 6.16. The first-order valence-electron chi connectivity index (χ1n) is 13.1. The molecule has 1 amide bonds. The first-order valence-corrected chi connectivity index (χ1v) is 13.1. The van der Waals surface area contributed by atoms with Crippen molar-refractivity contribution in [1.29, 1.82) is 0 Å². The molecule has 1 saturated heterocycles. The minimum absolute atomic E-state index is 0.167. The van der Waals surface area contributed by atoms with E-state index in [1.165, 1.54) is 0 Å². The Labute approximate surface area is 213 Å². The number of hydrogen-bond donors (Lipinski definition) is 2. The predicted molar refractivity (Wildman–Crippen MR) is 145 cm³/mol. The van der Waals surface area contributed by atoms with Crippen LogP contribution < -0.4 is 16.0 Å². The van der Waals surface area contributed by atoms with Crippen LogP contribution in [0.2, 0.25) is 0 Å². The molecule has 1 aromatic carbocycles. The molecule has 2 aromatic heterocycles. The van der Waals surface area contributed by atoms with E-state index in [0.717, 1.165) is 78.6 Å². The van der Waals surface area contributed by atoms with Crippen molar-refractivity contribution in [2.75, 3.05) is 30.4 Å². The summed E-state index contributed by atoms with van der Waals surface area (Å²) in [5, 5.41) is 4.15. The summed E-state index contributed by atoms with van der Waals surface area (Å²) in [5.74, 6) is 0.715. The number of amides is 1. The summed E-state index contributed by atoms with van der Waals surface area (Å²) in [5.41, 5.74) is 11.7. The maximum Gasteiger partial charge on any atom is 0.257 e. The van der Waals surface area contributed by atoms with Crippen molar-refractivity contribution in [3.8, 4) is 0 Å². The van der Waals surface area contributed by atoms with Gasteiger partial charge in [0.15, 0.2) is 0 Å². The molecule has 190 valence electrons. The summed E-state index contributed by atoms with van der Waals surface area (Å²) >= 11 is 0. The van der Waals surface area contributed by atoms with E-state index >= 15 is 0 Å². The fourth-order valence-electron chi connectivity index (χ4n) is 6.03. The van der Waals surface area contributed by atoms with Gasteiger partial charge in [0.25, 0.3) is 5.91 Å². The first-order chi connectivity index (χ1) is 17.4. The fourth-order valence-corrected chi connectivity index (χ4v) is 6.03. The van der Waals surface area contributed by atoms with E-state index in [2.05, 4.69) is 35.1 Å². The van der Waals surface area contributed by atoms with Gasteiger partial charge in [0.05, 0.1) is 41.0 Å². The Hall–Kier alpha value is -3.03. The molecule has 2 aliphatic rings. The van der Waals surface area contributed by atoms with Gasteiger partial charge >= 0.3 is 0 Å². The van der Waals surface area contributed by atoms with Crippen molar-refractivity contribution in [3.63, 3.8) is 0 Å². The molecule has 1 aliphatic heterocycles.